The van der Waals surface area contributed by atoms with Gasteiger partial charge >= 0.3 is 6.18 Å². The van der Waals surface area contributed by atoms with Gasteiger partial charge in [0.2, 0.25) is 0 Å². The number of imidazole rings is 1. The summed E-state index contributed by atoms with van der Waals surface area (Å²) in [6.07, 6.45) is -2.77. The number of halogens is 3. The van der Waals surface area contributed by atoms with E-state index in [1.54, 1.807) is 23.1 Å². The zero-order valence-electron chi connectivity index (χ0n) is 15.0. The first-order chi connectivity index (χ1) is 13.8. The second-order valence-corrected chi connectivity index (χ2v) is 7.00. The Morgan fingerprint density at radius 1 is 1.17 bits per heavy atom. The van der Waals surface area contributed by atoms with Crippen LogP contribution in [0, 0.1) is 0 Å². The van der Waals surface area contributed by atoms with E-state index in [1.165, 1.54) is 23.5 Å². The van der Waals surface area contributed by atoms with Crippen LogP contribution in [0.3, 0.4) is 0 Å². The molecule has 0 saturated carbocycles. The molecule has 1 N–H and O–H groups in total. The van der Waals surface area contributed by atoms with Crippen LogP contribution in [0.1, 0.15) is 16.1 Å². The maximum Gasteiger partial charge on any atom is 0.416 e. The lowest BCUT2D eigenvalue weighted by molar-refractivity contribution is -0.137. The number of anilines is 1. The molecule has 0 aliphatic carbocycles. The van der Waals surface area contributed by atoms with Crippen molar-refractivity contribution in [2.75, 3.05) is 12.4 Å². The Morgan fingerprint density at radius 2 is 1.97 bits per heavy atom. The molecule has 9 heteroatoms. The van der Waals surface area contributed by atoms with Crippen LogP contribution in [0.15, 0.2) is 60.1 Å². The van der Waals surface area contributed by atoms with Crippen molar-refractivity contribution in [2.24, 2.45) is 0 Å². The highest BCUT2D eigenvalue weighted by Gasteiger charge is 2.30. The number of hydrogen-bond acceptors (Lipinski definition) is 4. The van der Waals surface area contributed by atoms with Crippen molar-refractivity contribution in [3.63, 3.8) is 0 Å². The SMILES string of the molecule is COc1cccc(-c2cn3c(C(=O)Nc4cccc(C(F)(F)F)c4)csc3n2)c1. The van der Waals surface area contributed by atoms with Gasteiger partial charge in [-0.25, -0.2) is 4.98 Å². The first kappa shape index (κ1) is 19.0. The average molecular weight is 417 g/mol. The van der Waals surface area contributed by atoms with Crippen LogP contribution in [-0.4, -0.2) is 22.4 Å². The van der Waals surface area contributed by atoms with Gasteiger partial charge in [-0.2, -0.15) is 13.2 Å². The van der Waals surface area contributed by atoms with Gasteiger partial charge in [-0.15, -0.1) is 11.3 Å². The fraction of sp³-hybridized carbons (Fsp3) is 0.100. The van der Waals surface area contributed by atoms with Gasteiger partial charge in [0.1, 0.15) is 11.4 Å². The number of thiazole rings is 1. The van der Waals surface area contributed by atoms with E-state index in [9.17, 15) is 18.0 Å². The van der Waals surface area contributed by atoms with E-state index in [2.05, 4.69) is 10.3 Å². The number of methoxy groups -OCH3 is 1. The maximum atomic E-state index is 12.9. The van der Waals surface area contributed by atoms with Gasteiger partial charge < -0.3 is 10.1 Å². The molecule has 0 unspecified atom stereocenters. The number of alkyl halides is 3. The smallest absolute Gasteiger partial charge is 0.416 e. The first-order valence-electron chi connectivity index (χ1n) is 8.45. The largest absolute Gasteiger partial charge is 0.497 e. The molecule has 2 heterocycles. The summed E-state index contributed by atoms with van der Waals surface area (Å²) < 4.78 is 45.4. The van der Waals surface area contributed by atoms with Crippen LogP contribution in [0.4, 0.5) is 18.9 Å². The summed E-state index contributed by atoms with van der Waals surface area (Å²) in [5.41, 5.74) is 1.00. The number of fused-ring (bicyclic) bond motifs is 1. The Labute approximate surface area is 167 Å². The highest BCUT2D eigenvalue weighted by molar-refractivity contribution is 7.15. The van der Waals surface area contributed by atoms with Gasteiger partial charge in [0, 0.05) is 22.8 Å². The molecule has 0 radical (unpaired) electrons. The van der Waals surface area contributed by atoms with Crippen molar-refractivity contribution in [1.82, 2.24) is 9.38 Å². The number of rotatable bonds is 4. The number of carbonyl (C=O) groups excluding carboxylic acids is 1. The third-order valence-corrected chi connectivity index (χ3v) is 5.09. The fourth-order valence-corrected chi connectivity index (χ4v) is 3.69. The minimum atomic E-state index is -4.48. The summed E-state index contributed by atoms with van der Waals surface area (Å²) in [5, 5.41) is 4.13. The third-order valence-electron chi connectivity index (χ3n) is 4.25. The number of hydrogen-bond donors (Lipinski definition) is 1. The number of nitrogens with one attached hydrogen (secondary N) is 1. The monoisotopic (exact) mass is 417 g/mol. The second-order valence-electron chi connectivity index (χ2n) is 6.16. The van der Waals surface area contributed by atoms with Crippen LogP contribution in [0.25, 0.3) is 16.2 Å². The quantitative estimate of drug-likeness (QED) is 0.488. The van der Waals surface area contributed by atoms with E-state index in [0.717, 1.165) is 17.7 Å². The number of nitrogens with zero attached hydrogens (tertiary/aromatic N) is 2. The molecule has 0 aliphatic rings. The molecule has 2 aromatic carbocycles. The highest BCUT2D eigenvalue weighted by atomic mass is 32.1. The van der Waals surface area contributed by atoms with Gasteiger partial charge in [-0.3, -0.25) is 9.20 Å². The van der Waals surface area contributed by atoms with Crippen molar-refractivity contribution in [1.29, 1.82) is 0 Å². The molecule has 5 nitrogen and oxygen atoms in total. The number of amides is 1. The predicted octanol–water partition coefficient (Wildman–Crippen LogP) is 5.34. The van der Waals surface area contributed by atoms with Crippen molar-refractivity contribution in [2.45, 2.75) is 6.18 Å². The van der Waals surface area contributed by atoms with Crippen molar-refractivity contribution >= 4 is 27.9 Å². The minimum absolute atomic E-state index is 0.0670. The number of benzene rings is 2. The molecule has 1 amide bonds. The van der Waals surface area contributed by atoms with Gasteiger partial charge in [0.15, 0.2) is 4.96 Å². The lowest BCUT2D eigenvalue weighted by atomic mass is 10.1. The summed E-state index contributed by atoms with van der Waals surface area (Å²) in [6.45, 7) is 0. The Balaban J connectivity index is 1.63. The van der Waals surface area contributed by atoms with E-state index in [0.29, 0.717) is 16.4 Å². The van der Waals surface area contributed by atoms with Crippen LogP contribution in [0.5, 0.6) is 5.75 Å². The number of ether oxygens (including phenoxy) is 1. The predicted molar refractivity (Wildman–Crippen MR) is 104 cm³/mol. The van der Waals surface area contributed by atoms with Gasteiger partial charge in [-0.05, 0) is 30.3 Å². The topological polar surface area (TPSA) is 55.6 Å². The fourth-order valence-electron chi connectivity index (χ4n) is 2.84. The Bertz CT molecular complexity index is 1200. The minimum Gasteiger partial charge on any atom is -0.497 e. The average Bonchev–Trinajstić information content (AvgIpc) is 3.28. The van der Waals surface area contributed by atoms with Gasteiger partial charge in [0.25, 0.3) is 5.91 Å². The molecule has 0 aliphatic heterocycles. The normalized spacial score (nSPS) is 11.6. The summed E-state index contributed by atoms with van der Waals surface area (Å²) in [7, 11) is 1.57. The third kappa shape index (κ3) is 3.81. The molecular weight excluding hydrogens is 403 g/mol. The van der Waals surface area contributed by atoms with Crippen molar-refractivity contribution in [3.05, 3.63) is 71.4 Å². The molecule has 0 saturated heterocycles. The lowest BCUT2D eigenvalue weighted by Crippen LogP contribution is -2.14. The van der Waals surface area contributed by atoms with E-state index in [4.69, 9.17) is 4.74 Å². The number of carbonyl (C=O) groups is 1. The van der Waals surface area contributed by atoms with Gasteiger partial charge in [-0.1, -0.05) is 18.2 Å². The van der Waals surface area contributed by atoms with Crippen LogP contribution in [-0.2, 0) is 6.18 Å². The molecule has 0 bridgehead atoms. The Hall–Kier alpha value is -3.33. The zero-order valence-corrected chi connectivity index (χ0v) is 15.8. The highest BCUT2D eigenvalue weighted by Crippen LogP contribution is 2.31. The summed E-state index contributed by atoms with van der Waals surface area (Å²) in [5.74, 6) is 0.159. The van der Waals surface area contributed by atoms with Crippen molar-refractivity contribution < 1.29 is 22.7 Å². The number of aromatic nitrogens is 2. The van der Waals surface area contributed by atoms with Crippen LogP contribution in [0.2, 0.25) is 0 Å². The second kappa shape index (κ2) is 7.25. The molecule has 148 valence electrons. The maximum absolute atomic E-state index is 12.9. The van der Waals surface area contributed by atoms with Crippen LogP contribution < -0.4 is 10.1 Å². The summed E-state index contributed by atoms with van der Waals surface area (Å²) >= 11 is 1.27. The molecule has 0 atom stereocenters. The van der Waals surface area contributed by atoms with E-state index in [1.807, 2.05) is 24.3 Å². The van der Waals surface area contributed by atoms with Crippen molar-refractivity contribution in [3.8, 4) is 17.0 Å². The summed E-state index contributed by atoms with van der Waals surface area (Å²) in [6, 6.07) is 11.9. The zero-order chi connectivity index (χ0) is 20.6. The lowest BCUT2D eigenvalue weighted by Gasteiger charge is -2.09. The molecule has 0 spiro atoms. The molecule has 0 fully saturated rings. The molecule has 2 aromatic heterocycles. The van der Waals surface area contributed by atoms with E-state index >= 15 is 0 Å². The first-order valence-corrected chi connectivity index (χ1v) is 9.33. The van der Waals surface area contributed by atoms with Gasteiger partial charge in [0.05, 0.1) is 18.4 Å². The molecule has 4 aromatic rings. The molecular formula is C20H14F3N3O2S. The standard InChI is InChI=1S/C20H14F3N3O2S/c1-28-15-7-2-4-12(8-15)16-10-26-17(11-29-19(26)25-16)18(27)24-14-6-3-5-13(9-14)20(21,22)23/h2-11H,1H3,(H,24,27). The van der Waals surface area contributed by atoms with E-state index < -0.39 is 17.6 Å². The summed E-state index contributed by atoms with van der Waals surface area (Å²) in [4.78, 5) is 17.7. The Kier molecular flexibility index (Phi) is 4.75. The molecule has 4 rings (SSSR count). The van der Waals surface area contributed by atoms with E-state index in [-0.39, 0.29) is 11.4 Å². The molecule has 29 heavy (non-hydrogen) atoms. The Morgan fingerprint density at radius 3 is 2.72 bits per heavy atom. The van der Waals surface area contributed by atoms with Crippen LogP contribution >= 0.6 is 11.3 Å².